The van der Waals surface area contributed by atoms with Crippen molar-refractivity contribution in [2.75, 3.05) is 24.7 Å². The third-order valence-electron chi connectivity index (χ3n) is 1.43. The van der Waals surface area contributed by atoms with E-state index in [1.807, 2.05) is 0 Å². The van der Waals surface area contributed by atoms with Gasteiger partial charge in [0.05, 0.1) is 12.7 Å². The highest BCUT2D eigenvalue weighted by Crippen LogP contribution is 2.19. The fourth-order valence-corrected chi connectivity index (χ4v) is 2.45. The quantitative estimate of drug-likeness (QED) is 0.652. The van der Waals surface area contributed by atoms with Crippen molar-refractivity contribution in [2.45, 2.75) is 11.9 Å². The molecule has 14 heavy (non-hydrogen) atoms. The molecule has 0 aliphatic heterocycles. The molecule has 3 N–H and O–H groups in total. The summed E-state index contributed by atoms with van der Waals surface area (Å²) in [7, 11) is 1.80. The Morgan fingerprint density at radius 1 is 1.57 bits per heavy atom. The van der Waals surface area contributed by atoms with Crippen LogP contribution in [-0.4, -0.2) is 45.9 Å². The molecule has 0 saturated carbocycles. The van der Waals surface area contributed by atoms with E-state index in [2.05, 4.69) is 15.5 Å². The third-order valence-corrected chi connectivity index (χ3v) is 3.65. The predicted molar refractivity (Wildman–Crippen MR) is 58.7 cm³/mol. The van der Waals surface area contributed by atoms with Gasteiger partial charge in [-0.05, 0) is 0 Å². The van der Waals surface area contributed by atoms with E-state index in [9.17, 15) is 0 Å². The topological polar surface area (TPSA) is 78.3 Å². The van der Waals surface area contributed by atoms with E-state index in [4.69, 9.17) is 10.2 Å². The lowest BCUT2D eigenvalue weighted by atomic mass is 10.4. The van der Waals surface area contributed by atoms with E-state index in [0.29, 0.717) is 5.75 Å². The Bertz CT molecular complexity index is 269. The van der Waals surface area contributed by atoms with E-state index >= 15 is 0 Å². The van der Waals surface area contributed by atoms with Crippen LogP contribution < -0.4 is 5.32 Å². The van der Waals surface area contributed by atoms with Crippen LogP contribution in [-0.2, 0) is 5.75 Å². The normalized spacial score (nSPS) is 12.8. The Balaban J connectivity index is 2.24. The van der Waals surface area contributed by atoms with E-state index in [0.717, 1.165) is 15.9 Å². The molecule has 0 amide bonds. The third kappa shape index (κ3) is 3.79. The Labute approximate surface area is 90.6 Å². The van der Waals surface area contributed by atoms with E-state index in [-0.39, 0.29) is 6.61 Å². The van der Waals surface area contributed by atoms with Crippen molar-refractivity contribution in [1.29, 1.82) is 0 Å². The fraction of sp³-hybridized carbons (Fsp3) is 0.714. The molecule has 1 atom stereocenters. The van der Waals surface area contributed by atoms with Crippen LogP contribution in [0.2, 0.25) is 0 Å². The summed E-state index contributed by atoms with van der Waals surface area (Å²) in [5, 5.41) is 30.1. The number of aliphatic hydroxyl groups is 2. The predicted octanol–water partition coefficient (Wildman–Crippen LogP) is 0.166. The Hall–Kier alpha value is -0.370. The van der Waals surface area contributed by atoms with Crippen molar-refractivity contribution < 1.29 is 10.2 Å². The molecule has 0 bridgehead atoms. The SMILES string of the molecule is CNc1nnc(CSCC(O)CO)s1. The van der Waals surface area contributed by atoms with Crippen molar-refractivity contribution in [3.05, 3.63) is 5.01 Å². The molecule has 0 fully saturated rings. The van der Waals surface area contributed by atoms with Crippen LogP contribution in [0.5, 0.6) is 0 Å². The van der Waals surface area contributed by atoms with Gasteiger partial charge in [-0.15, -0.1) is 10.2 Å². The maximum atomic E-state index is 9.07. The number of hydrogen-bond donors (Lipinski definition) is 3. The summed E-state index contributed by atoms with van der Waals surface area (Å²) in [4.78, 5) is 0. The molecule has 1 unspecified atom stereocenters. The van der Waals surface area contributed by atoms with Gasteiger partial charge in [-0.25, -0.2) is 0 Å². The van der Waals surface area contributed by atoms with Crippen molar-refractivity contribution in [1.82, 2.24) is 10.2 Å². The van der Waals surface area contributed by atoms with E-state index in [1.54, 1.807) is 7.05 Å². The van der Waals surface area contributed by atoms with Gasteiger partial charge in [0.15, 0.2) is 0 Å². The number of hydrogen-bond acceptors (Lipinski definition) is 7. The number of aliphatic hydroxyl groups excluding tert-OH is 2. The molecular formula is C7H13N3O2S2. The lowest BCUT2D eigenvalue weighted by Gasteiger charge is -2.03. The van der Waals surface area contributed by atoms with Gasteiger partial charge < -0.3 is 15.5 Å². The molecule has 1 heterocycles. The number of nitrogens with one attached hydrogen (secondary N) is 1. The average Bonchev–Trinajstić information content (AvgIpc) is 2.65. The molecule has 0 radical (unpaired) electrons. The molecule has 7 heteroatoms. The maximum Gasteiger partial charge on any atom is 0.205 e. The zero-order valence-electron chi connectivity index (χ0n) is 7.80. The number of aromatic nitrogens is 2. The highest BCUT2D eigenvalue weighted by molar-refractivity contribution is 7.98. The summed E-state index contributed by atoms with van der Waals surface area (Å²) in [5.74, 6) is 1.24. The molecule has 5 nitrogen and oxygen atoms in total. The molecule has 0 aliphatic carbocycles. The monoisotopic (exact) mass is 235 g/mol. The summed E-state index contributed by atoms with van der Waals surface area (Å²) in [6.07, 6.45) is -0.642. The molecule has 1 aromatic heterocycles. The van der Waals surface area contributed by atoms with Gasteiger partial charge in [-0.1, -0.05) is 11.3 Å². The van der Waals surface area contributed by atoms with Crippen molar-refractivity contribution in [3.63, 3.8) is 0 Å². The molecular weight excluding hydrogens is 222 g/mol. The number of thioether (sulfide) groups is 1. The highest BCUT2D eigenvalue weighted by atomic mass is 32.2. The summed E-state index contributed by atoms with van der Waals surface area (Å²) in [6, 6.07) is 0. The second-order valence-electron chi connectivity index (χ2n) is 2.60. The van der Waals surface area contributed by atoms with Gasteiger partial charge in [0.1, 0.15) is 5.01 Å². The van der Waals surface area contributed by atoms with Crippen LogP contribution in [0.3, 0.4) is 0 Å². The largest absolute Gasteiger partial charge is 0.394 e. The zero-order chi connectivity index (χ0) is 10.4. The average molecular weight is 235 g/mol. The van der Waals surface area contributed by atoms with Gasteiger partial charge in [0.25, 0.3) is 0 Å². The van der Waals surface area contributed by atoms with Crippen LogP contribution >= 0.6 is 23.1 Å². The van der Waals surface area contributed by atoms with Gasteiger partial charge in [-0.3, -0.25) is 0 Å². The Morgan fingerprint density at radius 3 is 2.93 bits per heavy atom. The molecule has 0 aromatic carbocycles. The first kappa shape index (κ1) is 11.7. The van der Waals surface area contributed by atoms with Crippen LogP contribution in [0, 0.1) is 0 Å². The summed E-state index contributed by atoms with van der Waals surface area (Å²) >= 11 is 3.03. The minimum Gasteiger partial charge on any atom is -0.394 e. The Kier molecular flexibility index (Phi) is 5.16. The number of rotatable bonds is 6. The van der Waals surface area contributed by atoms with Gasteiger partial charge in [0.2, 0.25) is 5.13 Å². The summed E-state index contributed by atoms with van der Waals surface area (Å²) in [5.41, 5.74) is 0. The second-order valence-corrected chi connectivity index (χ2v) is 4.69. The minimum absolute atomic E-state index is 0.190. The highest BCUT2D eigenvalue weighted by Gasteiger charge is 2.05. The van der Waals surface area contributed by atoms with E-state index in [1.165, 1.54) is 23.1 Å². The molecule has 0 aliphatic rings. The van der Waals surface area contributed by atoms with Crippen LogP contribution in [0.15, 0.2) is 0 Å². The first-order valence-corrected chi connectivity index (χ1v) is 6.10. The van der Waals surface area contributed by atoms with Gasteiger partial charge >= 0.3 is 0 Å². The molecule has 0 spiro atoms. The summed E-state index contributed by atoms with van der Waals surface area (Å²) in [6.45, 7) is -0.190. The van der Waals surface area contributed by atoms with E-state index < -0.39 is 6.10 Å². The lowest BCUT2D eigenvalue weighted by Crippen LogP contribution is -2.14. The second kappa shape index (κ2) is 6.18. The fourth-order valence-electron chi connectivity index (χ4n) is 0.748. The summed E-state index contributed by atoms with van der Waals surface area (Å²) < 4.78 is 0. The first-order valence-electron chi connectivity index (χ1n) is 4.13. The minimum atomic E-state index is -0.642. The van der Waals surface area contributed by atoms with Gasteiger partial charge in [-0.2, -0.15) is 11.8 Å². The molecule has 80 valence electrons. The van der Waals surface area contributed by atoms with Crippen LogP contribution in [0.1, 0.15) is 5.01 Å². The first-order chi connectivity index (χ1) is 6.76. The number of anilines is 1. The molecule has 1 aromatic rings. The molecule has 0 saturated heterocycles. The van der Waals surface area contributed by atoms with Crippen molar-refractivity contribution >= 4 is 28.2 Å². The van der Waals surface area contributed by atoms with Crippen LogP contribution in [0.4, 0.5) is 5.13 Å². The molecule has 1 rings (SSSR count). The zero-order valence-corrected chi connectivity index (χ0v) is 9.44. The lowest BCUT2D eigenvalue weighted by molar-refractivity contribution is 0.113. The smallest absolute Gasteiger partial charge is 0.205 e. The standard InChI is InChI=1S/C7H13N3O2S2/c1-8-7-10-9-6(14-7)4-13-3-5(12)2-11/h5,11-12H,2-4H2,1H3,(H,8,10). The number of nitrogens with zero attached hydrogens (tertiary/aromatic N) is 2. The van der Waals surface area contributed by atoms with Crippen molar-refractivity contribution in [2.24, 2.45) is 0 Å². The Morgan fingerprint density at radius 2 is 2.36 bits per heavy atom. The van der Waals surface area contributed by atoms with Crippen molar-refractivity contribution in [3.8, 4) is 0 Å². The van der Waals surface area contributed by atoms with Gasteiger partial charge in [0, 0.05) is 18.6 Å². The maximum absolute atomic E-state index is 9.07. The van der Waals surface area contributed by atoms with Crippen LogP contribution in [0.25, 0.3) is 0 Å².